The van der Waals surface area contributed by atoms with Gasteiger partial charge in [-0.2, -0.15) is 0 Å². The first-order chi connectivity index (χ1) is 51.6. The number of rotatable bonds is 82. The van der Waals surface area contributed by atoms with Crippen molar-refractivity contribution in [3.63, 3.8) is 0 Å². The smallest absolute Gasteiger partial charge is 0.306 e. The third-order valence-electron chi connectivity index (χ3n) is 19.4. The molecule has 2 atom stereocenters. The van der Waals surface area contributed by atoms with Gasteiger partial charge in [-0.05, 0) is 116 Å². The Bertz CT molecular complexity index is 2200. The second-order valence-electron chi connectivity index (χ2n) is 30.8. The van der Waals surface area contributed by atoms with Gasteiger partial charge in [0.2, 0.25) is 0 Å². The molecule has 9 nitrogen and oxygen atoms in total. The minimum atomic E-state index is -1.63. The number of ether oxygens (including phenoxy) is 4. The van der Waals surface area contributed by atoms with Gasteiger partial charge in [0.1, 0.15) is 13.2 Å². The molecule has 9 heteroatoms. The van der Waals surface area contributed by atoms with Crippen molar-refractivity contribution in [1.82, 2.24) is 0 Å². The Morgan fingerprint density at radius 2 is 0.543 bits per heavy atom. The minimum Gasteiger partial charge on any atom is -0.545 e. The minimum absolute atomic E-state index is 0.145. The number of hydrogen-bond acceptors (Lipinski definition) is 8. The second kappa shape index (κ2) is 85.0. The van der Waals surface area contributed by atoms with Gasteiger partial charge in [-0.1, -0.05) is 404 Å². The Morgan fingerprint density at radius 3 is 0.810 bits per heavy atom. The number of likely N-dealkylation sites (N-methyl/N-ethyl adjacent to an activating group) is 1. The predicted octanol–water partition coefficient (Wildman–Crippen LogP) is 27.8. The molecule has 0 bridgehead atoms. The lowest BCUT2D eigenvalue weighted by Crippen LogP contribution is -2.44. The van der Waals surface area contributed by atoms with Gasteiger partial charge in [0.15, 0.2) is 12.4 Å². The van der Waals surface area contributed by atoms with E-state index in [0.717, 1.165) is 103 Å². The van der Waals surface area contributed by atoms with E-state index in [4.69, 9.17) is 18.9 Å². The topological polar surface area (TPSA) is 111 Å². The van der Waals surface area contributed by atoms with Crippen LogP contribution in [0.25, 0.3) is 0 Å². The van der Waals surface area contributed by atoms with Gasteiger partial charge in [0.25, 0.3) is 0 Å². The van der Waals surface area contributed by atoms with Gasteiger partial charge in [-0.3, -0.25) is 9.59 Å². The highest BCUT2D eigenvalue weighted by Crippen LogP contribution is 2.19. The van der Waals surface area contributed by atoms with Crippen molar-refractivity contribution >= 4 is 17.9 Å². The van der Waals surface area contributed by atoms with Gasteiger partial charge in [-0.15, -0.1) is 0 Å². The molecule has 0 aliphatic rings. The summed E-state index contributed by atoms with van der Waals surface area (Å²) >= 11 is 0. The number of carbonyl (C=O) groups excluding carboxylic acids is 3. The van der Waals surface area contributed by atoms with Gasteiger partial charge in [0, 0.05) is 12.8 Å². The number of carboxylic acids is 1. The van der Waals surface area contributed by atoms with Crippen molar-refractivity contribution in [2.24, 2.45) is 0 Å². The normalized spacial score (nSPS) is 13.3. The van der Waals surface area contributed by atoms with E-state index in [9.17, 15) is 19.5 Å². The fourth-order valence-electron chi connectivity index (χ4n) is 12.7. The van der Waals surface area contributed by atoms with Crippen LogP contribution in [0.4, 0.5) is 0 Å². The van der Waals surface area contributed by atoms with E-state index in [2.05, 4.69) is 148 Å². The zero-order chi connectivity index (χ0) is 76.0. The number of nitrogens with zero attached hydrogens (tertiary/aromatic N) is 1. The van der Waals surface area contributed by atoms with Crippen LogP contribution in [0.1, 0.15) is 399 Å². The van der Waals surface area contributed by atoms with Crippen molar-refractivity contribution in [3.8, 4) is 0 Å². The number of unbranched alkanes of at least 4 members (excludes halogenated alkanes) is 45. The molecule has 0 fully saturated rings. The van der Waals surface area contributed by atoms with Crippen molar-refractivity contribution in [3.05, 3.63) is 134 Å². The Kier molecular flexibility index (Phi) is 81.3. The molecule has 0 N–H and O–H groups in total. The van der Waals surface area contributed by atoms with Gasteiger partial charge >= 0.3 is 11.9 Å². The maximum atomic E-state index is 13.0. The van der Waals surface area contributed by atoms with E-state index in [0.29, 0.717) is 23.9 Å². The fourth-order valence-corrected chi connectivity index (χ4v) is 12.7. The van der Waals surface area contributed by atoms with Crippen LogP contribution < -0.4 is 5.11 Å². The molecule has 0 aromatic rings. The fraction of sp³-hybridized carbons (Fsp3) is 0.740. The number of esters is 2. The molecule has 0 rings (SSSR count). The van der Waals surface area contributed by atoms with Crippen LogP contribution in [-0.2, 0) is 33.3 Å². The third-order valence-corrected chi connectivity index (χ3v) is 19.4. The largest absolute Gasteiger partial charge is 0.545 e. The van der Waals surface area contributed by atoms with Crippen LogP contribution >= 0.6 is 0 Å². The summed E-state index contributed by atoms with van der Waals surface area (Å²) in [5, 5.41) is 11.9. The van der Waals surface area contributed by atoms with Crippen LogP contribution in [0.3, 0.4) is 0 Å². The lowest BCUT2D eigenvalue weighted by molar-refractivity contribution is -0.870. The molecular weight excluding hydrogens is 1300 g/mol. The number of quaternary nitrogens is 1. The summed E-state index contributed by atoms with van der Waals surface area (Å²) in [4.78, 5) is 37.7. The molecule has 0 saturated carbocycles. The summed E-state index contributed by atoms with van der Waals surface area (Å²) in [6.45, 7) is 4.66. The zero-order valence-electron chi connectivity index (χ0n) is 69.3. The van der Waals surface area contributed by atoms with Crippen LogP contribution in [0, 0.1) is 0 Å². The molecule has 0 heterocycles. The maximum absolute atomic E-state index is 13.0. The van der Waals surface area contributed by atoms with Crippen molar-refractivity contribution in [2.45, 2.75) is 411 Å². The van der Waals surface area contributed by atoms with Crippen molar-refractivity contribution < 1.29 is 42.9 Å². The third kappa shape index (κ3) is 86.5. The summed E-state index contributed by atoms with van der Waals surface area (Å²) in [5.74, 6) is -2.27. The van der Waals surface area contributed by atoms with Crippen molar-refractivity contribution in [2.75, 3.05) is 47.5 Å². The molecule has 0 aromatic carbocycles. The number of carbonyl (C=O) groups is 3. The summed E-state index contributed by atoms with van der Waals surface area (Å²) in [6, 6.07) is 0. The molecule has 604 valence electrons. The highest BCUT2D eigenvalue weighted by atomic mass is 16.7. The zero-order valence-corrected chi connectivity index (χ0v) is 69.3. The Hall–Kier alpha value is -4.57. The quantitative estimate of drug-likeness (QED) is 0.0195. The van der Waals surface area contributed by atoms with Gasteiger partial charge in [-0.25, -0.2) is 0 Å². The van der Waals surface area contributed by atoms with Crippen LogP contribution in [0.5, 0.6) is 0 Å². The molecule has 0 radical (unpaired) electrons. The Labute approximate surface area is 650 Å². The molecular formula is C96H167NO8. The average molecular weight is 1460 g/mol. The first-order valence-electron chi connectivity index (χ1n) is 44.3. The molecule has 105 heavy (non-hydrogen) atoms. The van der Waals surface area contributed by atoms with E-state index in [1.54, 1.807) is 0 Å². The van der Waals surface area contributed by atoms with Crippen LogP contribution in [0.2, 0.25) is 0 Å². The van der Waals surface area contributed by atoms with E-state index < -0.39 is 24.3 Å². The summed E-state index contributed by atoms with van der Waals surface area (Å²) < 4.78 is 22.9. The molecule has 2 unspecified atom stereocenters. The van der Waals surface area contributed by atoms with Crippen LogP contribution in [-0.4, -0.2) is 82.3 Å². The Morgan fingerprint density at radius 1 is 0.295 bits per heavy atom. The van der Waals surface area contributed by atoms with E-state index >= 15 is 0 Å². The highest BCUT2D eigenvalue weighted by molar-refractivity contribution is 5.70. The summed E-state index contributed by atoms with van der Waals surface area (Å²) in [7, 11) is 5.95. The van der Waals surface area contributed by atoms with Crippen LogP contribution in [0.15, 0.2) is 134 Å². The first kappa shape index (κ1) is 100. The SMILES string of the molecule is CC/C=C\C/C=C\C/C=C\C/C=C\C/C=C\C/C=C\C/C=C\C/C=C\CCCCCCCCCCCCCCCCC(=O)OC(COC(=O)CCCCCCCCCCCCCCCCCCCCCCCCCCCC/C=C\C/C=C\C/C=C\CCCCCCC)COC(OCC[N+](C)(C)C)C(=O)[O-]. The Balaban J connectivity index is 3.97. The lowest BCUT2D eigenvalue weighted by atomic mass is 10.0. The summed E-state index contributed by atoms with van der Waals surface area (Å²) in [5.41, 5.74) is 0. The molecule has 0 spiro atoms. The number of allylic oxidation sites excluding steroid dienone is 22. The average Bonchev–Trinajstić information content (AvgIpc) is 1.97. The van der Waals surface area contributed by atoms with Crippen molar-refractivity contribution in [1.29, 1.82) is 0 Å². The molecule has 0 saturated heterocycles. The van der Waals surface area contributed by atoms with E-state index in [1.165, 1.54) is 263 Å². The van der Waals surface area contributed by atoms with E-state index in [1.807, 2.05) is 21.1 Å². The molecule has 0 aliphatic carbocycles. The molecule has 0 amide bonds. The first-order valence-corrected chi connectivity index (χ1v) is 44.3. The number of carboxylic acid groups (broad SMARTS) is 1. The molecule has 0 aliphatic heterocycles. The standard InChI is InChI=1S/C96H167NO8/c1-6-8-10-12-14-16-18-20-22-24-26-28-30-32-34-36-38-40-42-44-46-47-49-50-52-54-56-58-60-62-64-66-68-70-72-74-76-78-80-82-84-86-93(98)103-90-92(91-104-96(95(100)101)102-89-88-97(3,4)5)105-94(99)87-85-83-81-79-77-75-73-71-69-67-65-63-61-59-57-55-53-51-48-45-43-41-39-37-35-33-31-29-27-25-23-21-19-17-15-13-11-9-7-2/h9,11,15,17-18,20-21,23-24,26-27,29-30,32-33,35,39,41,45,48,53,55,92,96H,6-8,10,12-14,16,19,22,25,28,31,34,36-38,40,42-44,46-47,49-52,54,56-91H2,1-5H3/b11-9-,17-15-,20-18-,23-21-,26-24-,29-27-,32-30-,35-33-,41-39-,48-45-,55-53-. The second-order valence-corrected chi connectivity index (χ2v) is 30.8. The monoisotopic (exact) mass is 1460 g/mol. The molecule has 0 aromatic heterocycles. The van der Waals surface area contributed by atoms with Gasteiger partial charge < -0.3 is 33.3 Å². The predicted molar refractivity (Wildman–Crippen MR) is 453 cm³/mol. The van der Waals surface area contributed by atoms with E-state index in [-0.39, 0.29) is 32.2 Å². The highest BCUT2D eigenvalue weighted by Gasteiger charge is 2.22. The maximum Gasteiger partial charge on any atom is 0.306 e. The lowest BCUT2D eigenvalue weighted by Gasteiger charge is -2.26. The van der Waals surface area contributed by atoms with Gasteiger partial charge in [0.05, 0.1) is 40.3 Å². The summed E-state index contributed by atoms with van der Waals surface area (Å²) in [6.07, 6.45) is 120. The number of aliphatic carboxylic acids is 1. The number of hydrogen-bond donors (Lipinski definition) is 0.